The Morgan fingerprint density at radius 3 is 2.62 bits per heavy atom. The van der Waals surface area contributed by atoms with Gasteiger partial charge in [-0.15, -0.1) is 0 Å². The molecule has 21 heavy (non-hydrogen) atoms. The van der Waals surface area contributed by atoms with Crippen molar-refractivity contribution in [3.05, 3.63) is 35.6 Å². The number of benzene rings is 1. The maximum absolute atomic E-state index is 12.9. The lowest BCUT2D eigenvalue weighted by molar-refractivity contribution is -0.141. The summed E-state index contributed by atoms with van der Waals surface area (Å²) in [6.07, 6.45) is 0.909. The van der Waals surface area contributed by atoms with Gasteiger partial charge in [-0.05, 0) is 24.6 Å². The van der Waals surface area contributed by atoms with Crippen molar-refractivity contribution < 1.29 is 23.9 Å². The van der Waals surface area contributed by atoms with Gasteiger partial charge >= 0.3 is 5.97 Å². The number of rotatable bonds is 7. The van der Waals surface area contributed by atoms with Crippen LogP contribution in [-0.2, 0) is 9.59 Å². The molecule has 0 radical (unpaired) electrons. The fourth-order valence-electron chi connectivity index (χ4n) is 1.68. The maximum Gasteiger partial charge on any atom is 0.326 e. The third-order valence-electron chi connectivity index (χ3n) is 2.71. The summed E-state index contributed by atoms with van der Waals surface area (Å²) in [5.74, 6) is -2.89. The van der Waals surface area contributed by atoms with Crippen molar-refractivity contribution in [2.24, 2.45) is 0 Å². The third kappa shape index (κ3) is 5.60. The van der Waals surface area contributed by atoms with E-state index in [1.165, 1.54) is 18.2 Å². The summed E-state index contributed by atoms with van der Waals surface area (Å²) in [4.78, 5) is 34.1. The molecule has 0 aliphatic heterocycles. The Balaban J connectivity index is 2.49. The van der Waals surface area contributed by atoms with Gasteiger partial charge in [-0.3, -0.25) is 9.59 Å². The molecule has 7 heteroatoms. The summed E-state index contributed by atoms with van der Waals surface area (Å²) < 4.78 is 12.9. The molecule has 0 saturated heterocycles. The molecule has 0 unspecified atom stereocenters. The molecule has 6 nitrogen and oxygen atoms in total. The standard InChI is InChI=1S/C14H17FN2O4/c1-2-4-11(14(20)21)17-12(18)8-16-13(19)9-5-3-6-10(15)7-9/h3,5-7,11H,2,4,8H2,1H3,(H,16,19)(H,17,18)(H,20,21)/t11-/m0/s1. The summed E-state index contributed by atoms with van der Waals surface area (Å²) in [5, 5.41) is 13.5. The first-order valence-electron chi connectivity index (χ1n) is 6.50. The fourth-order valence-corrected chi connectivity index (χ4v) is 1.68. The van der Waals surface area contributed by atoms with Crippen LogP contribution < -0.4 is 10.6 Å². The van der Waals surface area contributed by atoms with E-state index in [9.17, 15) is 18.8 Å². The Morgan fingerprint density at radius 2 is 2.05 bits per heavy atom. The number of nitrogens with one attached hydrogen (secondary N) is 2. The second kappa shape index (κ2) is 7.98. The number of amides is 2. The minimum Gasteiger partial charge on any atom is -0.480 e. The number of carboxylic acids is 1. The van der Waals surface area contributed by atoms with Gasteiger partial charge in [0.1, 0.15) is 11.9 Å². The van der Waals surface area contributed by atoms with E-state index in [2.05, 4.69) is 10.6 Å². The Labute approximate surface area is 121 Å². The Kier molecular flexibility index (Phi) is 6.32. The van der Waals surface area contributed by atoms with Crippen LogP contribution in [0.4, 0.5) is 4.39 Å². The minimum atomic E-state index is -1.12. The molecule has 0 aromatic heterocycles. The average Bonchev–Trinajstić information content (AvgIpc) is 2.44. The maximum atomic E-state index is 12.9. The lowest BCUT2D eigenvalue weighted by Crippen LogP contribution is -2.45. The van der Waals surface area contributed by atoms with Crippen LogP contribution in [0.2, 0.25) is 0 Å². The van der Waals surface area contributed by atoms with Crippen molar-refractivity contribution in [3.8, 4) is 0 Å². The van der Waals surface area contributed by atoms with E-state index in [1.807, 2.05) is 0 Å². The largest absolute Gasteiger partial charge is 0.480 e. The van der Waals surface area contributed by atoms with Gasteiger partial charge in [-0.25, -0.2) is 9.18 Å². The van der Waals surface area contributed by atoms with Crippen LogP contribution in [0.25, 0.3) is 0 Å². The Bertz CT molecular complexity index is 533. The van der Waals surface area contributed by atoms with Gasteiger partial charge in [-0.1, -0.05) is 19.4 Å². The first kappa shape index (κ1) is 16.6. The molecule has 0 bridgehead atoms. The Hall–Kier alpha value is -2.44. The van der Waals surface area contributed by atoms with Gasteiger partial charge in [-0.2, -0.15) is 0 Å². The van der Waals surface area contributed by atoms with Crippen LogP contribution in [0.15, 0.2) is 24.3 Å². The normalized spacial score (nSPS) is 11.5. The van der Waals surface area contributed by atoms with Crippen LogP contribution in [0.1, 0.15) is 30.1 Å². The van der Waals surface area contributed by atoms with E-state index < -0.39 is 29.6 Å². The number of aliphatic carboxylic acids is 1. The van der Waals surface area contributed by atoms with E-state index in [-0.39, 0.29) is 12.1 Å². The van der Waals surface area contributed by atoms with Crippen molar-refractivity contribution in [1.82, 2.24) is 10.6 Å². The van der Waals surface area contributed by atoms with Crippen molar-refractivity contribution in [2.45, 2.75) is 25.8 Å². The summed E-state index contributed by atoms with van der Waals surface area (Å²) in [7, 11) is 0. The number of carbonyl (C=O) groups is 3. The van der Waals surface area contributed by atoms with Crippen LogP contribution >= 0.6 is 0 Å². The molecule has 1 aromatic rings. The van der Waals surface area contributed by atoms with Crippen LogP contribution in [0, 0.1) is 5.82 Å². The van der Waals surface area contributed by atoms with Gasteiger partial charge in [0.05, 0.1) is 6.54 Å². The highest BCUT2D eigenvalue weighted by molar-refractivity contribution is 5.96. The van der Waals surface area contributed by atoms with Crippen LogP contribution in [0.5, 0.6) is 0 Å². The van der Waals surface area contributed by atoms with Gasteiger partial charge < -0.3 is 15.7 Å². The predicted molar refractivity (Wildman–Crippen MR) is 73.2 cm³/mol. The molecule has 1 atom stereocenters. The molecule has 0 heterocycles. The van der Waals surface area contributed by atoms with Crippen molar-refractivity contribution in [3.63, 3.8) is 0 Å². The number of carboxylic acid groups (broad SMARTS) is 1. The van der Waals surface area contributed by atoms with Crippen molar-refractivity contribution >= 4 is 17.8 Å². The molecule has 1 aromatic carbocycles. The second-order valence-corrected chi connectivity index (χ2v) is 4.44. The van der Waals surface area contributed by atoms with Gasteiger partial charge in [0.2, 0.25) is 5.91 Å². The zero-order valence-electron chi connectivity index (χ0n) is 11.6. The van der Waals surface area contributed by atoms with Crippen LogP contribution in [0.3, 0.4) is 0 Å². The summed E-state index contributed by atoms with van der Waals surface area (Å²) >= 11 is 0. The molecule has 2 amide bonds. The molecule has 0 fully saturated rings. The topological polar surface area (TPSA) is 95.5 Å². The molecule has 0 spiro atoms. The summed E-state index contributed by atoms with van der Waals surface area (Å²) in [6.45, 7) is 1.43. The summed E-state index contributed by atoms with van der Waals surface area (Å²) in [6, 6.07) is 4.06. The Morgan fingerprint density at radius 1 is 1.33 bits per heavy atom. The second-order valence-electron chi connectivity index (χ2n) is 4.44. The summed E-state index contributed by atoms with van der Waals surface area (Å²) in [5.41, 5.74) is 0.0890. The first-order valence-corrected chi connectivity index (χ1v) is 6.50. The lowest BCUT2D eigenvalue weighted by atomic mass is 10.1. The van der Waals surface area contributed by atoms with E-state index in [0.29, 0.717) is 12.8 Å². The number of halogens is 1. The van der Waals surface area contributed by atoms with Crippen molar-refractivity contribution in [2.75, 3.05) is 6.54 Å². The minimum absolute atomic E-state index is 0.0890. The number of carbonyl (C=O) groups excluding carboxylic acids is 2. The van der Waals surface area contributed by atoms with Gasteiger partial charge in [0.15, 0.2) is 0 Å². The molecule has 1 rings (SSSR count). The fraction of sp³-hybridized carbons (Fsp3) is 0.357. The highest BCUT2D eigenvalue weighted by atomic mass is 19.1. The quantitative estimate of drug-likeness (QED) is 0.697. The SMILES string of the molecule is CCC[C@H](NC(=O)CNC(=O)c1cccc(F)c1)C(=O)O. The van der Waals surface area contributed by atoms with E-state index >= 15 is 0 Å². The van der Waals surface area contributed by atoms with Gasteiger partial charge in [0, 0.05) is 5.56 Å². The molecule has 114 valence electrons. The highest BCUT2D eigenvalue weighted by Gasteiger charge is 2.19. The molecule has 0 saturated carbocycles. The molecule has 0 aliphatic carbocycles. The molecule has 0 aliphatic rings. The van der Waals surface area contributed by atoms with E-state index in [4.69, 9.17) is 5.11 Å². The van der Waals surface area contributed by atoms with E-state index in [1.54, 1.807) is 6.92 Å². The van der Waals surface area contributed by atoms with Gasteiger partial charge in [0.25, 0.3) is 5.91 Å². The zero-order valence-corrected chi connectivity index (χ0v) is 11.6. The molecule has 3 N–H and O–H groups in total. The van der Waals surface area contributed by atoms with E-state index in [0.717, 1.165) is 6.07 Å². The third-order valence-corrected chi connectivity index (χ3v) is 2.71. The average molecular weight is 296 g/mol. The smallest absolute Gasteiger partial charge is 0.326 e. The first-order chi connectivity index (χ1) is 9.93. The predicted octanol–water partition coefficient (Wildman–Crippen LogP) is 0.925. The number of hydrogen-bond donors (Lipinski definition) is 3. The van der Waals surface area contributed by atoms with Crippen LogP contribution in [-0.4, -0.2) is 35.5 Å². The zero-order chi connectivity index (χ0) is 15.8. The molecular formula is C14H17FN2O4. The monoisotopic (exact) mass is 296 g/mol. The van der Waals surface area contributed by atoms with Crippen molar-refractivity contribution in [1.29, 1.82) is 0 Å². The number of hydrogen-bond acceptors (Lipinski definition) is 3. The lowest BCUT2D eigenvalue weighted by Gasteiger charge is -2.13. The molecular weight excluding hydrogens is 279 g/mol. The highest BCUT2D eigenvalue weighted by Crippen LogP contribution is 2.03.